The molecule has 0 atom stereocenters. The van der Waals surface area contributed by atoms with Crippen LogP contribution < -0.4 is 0 Å². The first-order valence-electron chi connectivity index (χ1n) is 7.44. The van der Waals surface area contributed by atoms with E-state index in [0.717, 1.165) is 29.9 Å². The monoisotopic (exact) mass is 273 g/mol. The molecule has 0 unspecified atom stereocenters. The van der Waals surface area contributed by atoms with Gasteiger partial charge in [-0.25, -0.2) is 9.97 Å². The predicted octanol–water partition coefficient (Wildman–Crippen LogP) is 1.54. The maximum absolute atomic E-state index is 12.4. The number of fused-ring (bicyclic) bond motifs is 2. The first-order chi connectivity index (χ1) is 9.68. The Balaban J connectivity index is 1.50. The van der Waals surface area contributed by atoms with Gasteiger partial charge in [0, 0.05) is 17.7 Å². The molecule has 5 heteroatoms. The van der Waals surface area contributed by atoms with Gasteiger partial charge >= 0.3 is 0 Å². The van der Waals surface area contributed by atoms with Crippen molar-refractivity contribution >= 4 is 5.91 Å². The molecule has 3 heterocycles. The molecule has 1 aromatic rings. The summed E-state index contributed by atoms with van der Waals surface area (Å²) in [7, 11) is 0. The summed E-state index contributed by atoms with van der Waals surface area (Å²) >= 11 is 0. The Labute approximate surface area is 118 Å². The summed E-state index contributed by atoms with van der Waals surface area (Å²) in [5, 5.41) is 0. The number of aromatic nitrogens is 2. The largest absolute Gasteiger partial charge is 0.360 e. The third-order valence-electron chi connectivity index (χ3n) is 4.87. The summed E-state index contributed by atoms with van der Waals surface area (Å²) in [5.74, 6) is 1.35. The van der Waals surface area contributed by atoms with Gasteiger partial charge in [-0.15, -0.1) is 0 Å². The van der Waals surface area contributed by atoms with Gasteiger partial charge in [-0.2, -0.15) is 0 Å². The third kappa shape index (κ3) is 1.69. The zero-order chi connectivity index (χ0) is 13.7. The van der Waals surface area contributed by atoms with Gasteiger partial charge in [0.05, 0.1) is 25.4 Å². The Morgan fingerprint density at radius 3 is 2.90 bits per heavy atom. The van der Waals surface area contributed by atoms with Crippen LogP contribution in [0.2, 0.25) is 0 Å². The van der Waals surface area contributed by atoms with Crippen LogP contribution >= 0.6 is 0 Å². The maximum Gasteiger partial charge on any atom is 0.225 e. The molecule has 0 aromatic carbocycles. The summed E-state index contributed by atoms with van der Waals surface area (Å²) in [5.41, 5.74) is 1.75. The van der Waals surface area contributed by atoms with E-state index in [1.165, 1.54) is 12.8 Å². The number of nitrogens with zero attached hydrogens (tertiary/aromatic N) is 3. The smallest absolute Gasteiger partial charge is 0.225 e. The number of amides is 1. The molecule has 1 spiro atoms. The Kier molecular flexibility index (Phi) is 2.61. The molecule has 1 saturated heterocycles. The van der Waals surface area contributed by atoms with Gasteiger partial charge in [0.1, 0.15) is 11.4 Å². The average Bonchev–Trinajstić information content (AvgIpc) is 3.03. The minimum Gasteiger partial charge on any atom is -0.360 e. The Morgan fingerprint density at radius 2 is 2.15 bits per heavy atom. The SMILES string of the molecule is Cc1ncc2c(n1)COC21CN(C(=O)C2CCCC2)C1. The van der Waals surface area contributed by atoms with E-state index in [9.17, 15) is 4.79 Å². The molecule has 106 valence electrons. The van der Waals surface area contributed by atoms with Crippen molar-refractivity contribution in [2.24, 2.45) is 5.92 Å². The van der Waals surface area contributed by atoms with Crippen LogP contribution in [0.1, 0.15) is 42.8 Å². The van der Waals surface area contributed by atoms with Gasteiger partial charge in [0.15, 0.2) is 0 Å². The normalized spacial score (nSPS) is 23.9. The molecule has 0 N–H and O–H groups in total. The molecule has 2 fully saturated rings. The third-order valence-corrected chi connectivity index (χ3v) is 4.87. The highest BCUT2D eigenvalue weighted by Crippen LogP contribution is 2.43. The van der Waals surface area contributed by atoms with Crippen LogP contribution in [0, 0.1) is 12.8 Å². The number of aryl methyl sites for hydroxylation is 1. The second-order valence-corrected chi connectivity index (χ2v) is 6.24. The molecule has 1 saturated carbocycles. The van der Waals surface area contributed by atoms with Crippen LogP contribution in [0.25, 0.3) is 0 Å². The number of carbonyl (C=O) groups is 1. The molecule has 2 aliphatic heterocycles. The van der Waals surface area contributed by atoms with Crippen molar-refractivity contribution < 1.29 is 9.53 Å². The van der Waals surface area contributed by atoms with Gasteiger partial charge in [-0.05, 0) is 19.8 Å². The second kappa shape index (κ2) is 4.25. The standard InChI is InChI=1S/C15H19N3O2/c1-10-16-6-12-13(17-10)7-20-15(12)8-18(9-15)14(19)11-4-2-3-5-11/h6,11H,2-5,7-9H2,1H3. The fourth-order valence-electron chi connectivity index (χ4n) is 3.71. The van der Waals surface area contributed by atoms with Crippen LogP contribution in [0.4, 0.5) is 0 Å². The minimum atomic E-state index is -0.322. The van der Waals surface area contributed by atoms with E-state index < -0.39 is 0 Å². The van der Waals surface area contributed by atoms with Crippen molar-refractivity contribution in [3.05, 3.63) is 23.3 Å². The van der Waals surface area contributed by atoms with E-state index in [1.54, 1.807) is 0 Å². The number of carbonyl (C=O) groups excluding carboxylic acids is 1. The lowest BCUT2D eigenvalue weighted by atomic mass is 9.86. The van der Waals surface area contributed by atoms with E-state index >= 15 is 0 Å². The van der Waals surface area contributed by atoms with Crippen molar-refractivity contribution in [2.75, 3.05) is 13.1 Å². The van der Waals surface area contributed by atoms with Crippen molar-refractivity contribution in [1.82, 2.24) is 14.9 Å². The average molecular weight is 273 g/mol. The highest BCUT2D eigenvalue weighted by atomic mass is 16.5. The van der Waals surface area contributed by atoms with Crippen LogP contribution in [0.3, 0.4) is 0 Å². The zero-order valence-corrected chi connectivity index (χ0v) is 11.8. The molecule has 0 bridgehead atoms. The van der Waals surface area contributed by atoms with Crippen LogP contribution in [0.5, 0.6) is 0 Å². The first kappa shape index (κ1) is 12.3. The highest BCUT2D eigenvalue weighted by molar-refractivity contribution is 5.80. The molecular weight excluding hydrogens is 254 g/mol. The molecular formula is C15H19N3O2. The van der Waals surface area contributed by atoms with E-state index in [-0.39, 0.29) is 11.5 Å². The van der Waals surface area contributed by atoms with Gasteiger partial charge in [-0.1, -0.05) is 12.8 Å². The predicted molar refractivity (Wildman–Crippen MR) is 71.8 cm³/mol. The summed E-state index contributed by atoms with van der Waals surface area (Å²) in [6.45, 7) is 3.77. The quantitative estimate of drug-likeness (QED) is 0.779. The van der Waals surface area contributed by atoms with Crippen LogP contribution in [-0.4, -0.2) is 33.9 Å². The number of likely N-dealkylation sites (tertiary alicyclic amines) is 1. The lowest BCUT2D eigenvalue weighted by molar-refractivity contribution is -0.172. The molecule has 4 rings (SSSR count). The van der Waals surface area contributed by atoms with Gasteiger partial charge < -0.3 is 9.64 Å². The van der Waals surface area contributed by atoms with Gasteiger partial charge in [-0.3, -0.25) is 4.79 Å². The molecule has 1 amide bonds. The fourth-order valence-corrected chi connectivity index (χ4v) is 3.71. The van der Waals surface area contributed by atoms with E-state index in [0.29, 0.717) is 25.6 Å². The number of rotatable bonds is 1. The summed E-state index contributed by atoms with van der Waals surface area (Å²) < 4.78 is 5.95. The summed E-state index contributed by atoms with van der Waals surface area (Å²) in [4.78, 5) is 23.0. The lowest BCUT2D eigenvalue weighted by Gasteiger charge is -2.48. The van der Waals surface area contributed by atoms with E-state index in [2.05, 4.69) is 9.97 Å². The molecule has 5 nitrogen and oxygen atoms in total. The topological polar surface area (TPSA) is 55.3 Å². The van der Waals surface area contributed by atoms with Crippen molar-refractivity contribution in [1.29, 1.82) is 0 Å². The fraction of sp³-hybridized carbons (Fsp3) is 0.667. The number of hydrogen-bond acceptors (Lipinski definition) is 4. The van der Waals surface area contributed by atoms with E-state index in [1.807, 2.05) is 18.0 Å². The van der Waals surface area contributed by atoms with Crippen LogP contribution in [-0.2, 0) is 21.7 Å². The van der Waals surface area contributed by atoms with Crippen molar-refractivity contribution in [3.63, 3.8) is 0 Å². The summed E-state index contributed by atoms with van der Waals surface area (Å²) in [6, 6.07) is 0. The highest BCUT2D eigenvalue weighted by Gasteiger charge is 2.53. The van der Waals surface area contributed by atoms with Gasteiger partial charge in [0.25, 0.3) is 0 Å². The number of hydrogen-bond donors (Lipinski definition) is 0. The van der Waals surface area contributed by atoms with Crippen LogP contribution in [0.15, 0.2) is 6.20 Å². The van der Waals surface area contributed by atoms with Crippen molar-refractivity contribution in [3.8, 4) is 0 Å². The number of ether oxygens (including phenoxy) is 1. The molecule has 1 aromatic heterocycles. The molecule has 3 aliphatic rings. The minimum absolute atomic E-state index is 0.252. The molecule has 1 aliphatic carbocycles. The Bertz CT molecular complexity index is 560. The van der Waals surface area contributed by atoms with Gasteiger partial charge in [0.2, 0.25) is 5.91 Å². The summed E-state index contributed by atoms with van der Waals surface area (Å²) in [6.07, 6.45) is 6.38. The van der Waals surface area contributed by atoms with E-state index in [4.69, 9.17) is 4.74 Å². The van der Waals surface area contributed by atoms with Crippen molar-refractivity contribution in [2.45, 2.75) is 44.8 Å². The Morgan fingerprint density at radius 1 is 1.40 bits per heavy atom. The second-order valence-electron chi connectivity index (χ2n) is 6.24. The Hall–Kier alpha value is -1.49. The molecule has 20 heavy (non-hydrogen) atoms. The lowest BCUT2D eigenvalue weighted by Crippen LogP contribution is -2.62. The first-order valence-corrected chi connectivity index (χ1v) is 7.44. The maximum atomic E-state index is 12.4. The molecule has 0 radical (unpaired) electrons. The zero-order valence-electron chi connectivity index (χ0n) is 11.8.